The molecule has 1 aromatic carbocycles. The molecule has 0 atom stereocenters. The zero-order chi connectivity index (χ0) is 15.7. The summed E-state index contributed by atoms with van der Waals surface area (Å²) in [5.74, 6) is 0.0779. The van der Waals surface area contributed by atoms with Gasteiger partial charge in [-0.1, -0.05) is 23.9 Å². The predicted octanol–water partition coefficient (Wildman–Crippen LogP) is 4.42. The molecular weight excluding hydrogens is 292 g/mol. The van der Waals surface area contributed by atoms with Gasteiger partial charge >= 0.3 is 0 Å². The Morgan fingerprint density at radius 3 is 2.77 bits per heavy atom. The minimum atomic E-state index is 0.0779. The van der Waals surface area contributed by atoms with E-state index in [0.29, 0.717) is 0 Å². The molecule has 3 nitrogen and oxygen atoms in total. The number of allylic oxidation sites excluding steroid dienone is 1. The first-order valence-electron chi connectivity index (χ1n) is 7.33. The average molecular weight is 310 g/mol. The van der Waals surface area contributed by atoms with Crippen molar-refractivity contribution in [1.82, 2.24) is 4.98 Å². The molecule has 0 aliphatic carbocycles. The number of carbonyl (C=O) groups excluding carboxylic acids is 1. The van der Waals surface area contributed by atoms with Crippen LogP contribution in [0.3, 0.4) is 0 Å². The van der Waals surface area contributed by atoms with Crippen molar-refractivity contribution in [2.24, 2.45) is 0 Å². The molecule has 0 spiro atoms. The summed E-state index contributed by atoms with van der Waals surface area (Å²) < 4.78 is 0. The molecule has 0 saturated heterocycles. The van der Waals surface area contributed by atoms with Gasteiger partial charge in [-0.25, -0.2) is 0 Å². The zero-order valence-corrected chi connectivity index (χ0v) is 13.8. The van der Waals surface area contributed by atoms with Gasteiger partial charge in [0, 0.05) is 29.3 Å². The minimum absolute atomic E-state index is 0.0779. The van der Waals surface area contributed by atoms with Gasteiger partial charge < -0.3 is 4.90 Å². The fraction of sp³-hybridized carbons (Fsp3) is 0.222. The van der Waals surface area contributed by atoms with E-state index in [1.54, 1.807) is 24.8 Å². The number of benzene rings is 1. The summed E-state index contributed by atoms with van der Waals surface area (Å²) in [6.07, 6.45) is 3.59. The number of nitrogens with zero attached hydrogens (tertiary/aromatic N) is 2. The molecule has 1 aromatic heterocycles. The molecule has 0 saturated carbocycles. The van der Waals surface area contributed by atoms with Crippen molar-refractivity contribution < 1.29 is 4.79 Å². The molecule has 0 N–H and O–H groups in total. The summed E-state index contributed by atoms with van der Waals surface area (Å²) in [4.78, 5) is 19.3. The zero-order valence-electron chi connectivity index (χ0n) is 13.0. The van der Waals surface area contributed by atoms with E-state index in [-0.39, 0.29) is 5.78 Å². The fourth-order valence-corrected chi connectivity index (χ4v) is 3.70. The number of aryl methyl sites for hydroxylation is 1. The Morgan fingerprint density at radius 2 is 2.14 bits per heavy atom. The number of fused-ring (bicyclic) bond motifs is 1. The Morgan fingerprint density at radius 1 is 1.32 bits per heavy atom. The molecule has 22 heavy (non-hydrogen) atoms. The van der Waals surface area contributed by atoms with Crippen LogP contribution in [0.5, 0.6) is 0 Å². The maximum absolute atomic E-state index is 11.4. The van der Waals surface area contributed by atoms with Crippen LogP contribution >= 0.6 is 11.8 Å². The van der Waals surface area contributed by atoms with Crippen LogP contribution in [0.4, 0.5) is 5.69 Å². The van der Waals surface area contributed by atoms with Crippen LogP contribution in [-0.4, -0.2) is 17.3 Å². The monoisotopic (exact) mass is 310 g/mol. The van der Waals surface area contributed by atoms with E-state index in [9.17, 15) is 4.79 Å². The van der Waals surface area contributed by atoms with Crippen molar-refractivity contribution in [3.63, 3.8) is 0 Å². The normalized spacial score (nSPS) is 15.2. The van der Waals surface area contributed by atoms with Crippen LogP contribution < -0.4 is 4.90 Å². The first kappa shape index (κ1) is 14.9. The van der Waals surface area contributed by atoms with E-state index >= 15 is 0 Å². The molecule has 0 fully saturated rings. The van der Waals surface area contributed by atoms with Crippen LogP contribution in [-0.2, 0) is 4.79 Å². The number of aromatic nitrogens is 1. The summed E-state index contributed by atoms with van der Waals surface area (Å²) in [6.45, 7) is 6.56. The number of hydrogen-bond acceptors (Lipinski definition) is 4. The van der Waals surface area contributed by atoms with Crippen molar-refractivity contribution in [2.45, 2.75) is 25.7 Å². The molecular formula is C18H18N2OS. The topological polar surface area (TPSA) is 33.2 Å². The highest BCUT2D eigenvalue weighted by atomic mass is 32.2. The Bertz CT molecular complexity index is 750. The van der Waals surface area contributed by atoms with Crippen molar-refractivity contribution in [3.05, 3.63) is 53.2 Å². The highest BCUT2D eigenvalue weighted by molar-refractivity contribution is 8.03. The lowest BCUT2D eigenvalue weighted by Crippen LogP contribution is -2.17. The van der Waals surface area contributed by atoms with Crippen LogP contribution in [0.15, 0.2) is 52.5 Å². The molecule has 0 amide bonds. The number of thioether (sulfide) groups is 1. The highest BCUT2D eigenvalue weighted by Crippen LogP contribution is 2.47. The van der Waals surface area contributed by atoms with Gasteiger partial charge in [0.1, 0.15) is 0 Å². The van der Waals surface area contributed by atoms with Gasteiger partial charge in [-0.2, -0.15) is 0 Å². The van der Waals surface area contributed by atoms with E-state index in [2.05, 4.69) is 41.1 Å². The molecule has 0 unspecified atom stereocenters. The molecule has 0 bridgehead atoms. The van der Waals surface area contributed by atoms with Crippen molar-refractivity contribution in [2.75, 3.05) is 11.4 Å². The summed E-state index contributed by atoms with van der Waals surface area (Å²) in [5, 5.41) is 0.999. The van der Waals surface area contributed by atoms with Crippen LogP contribution in [0.2, 0.25) is 0 Å². The molecule has 4 heteroatoms. The number of ketones is 1. The third kappa shape index (κ3) is 2.79. The van der Waals surface area contributed by atoms with E-state index in [0.717, 1.165) is 34.1 Å². The smallest absolute Gasteiger partial charge is 0.155 e. The first-order valence-corrected chi connectivity index (χ1v) is 8.15. The standard InChI is InChI=1S/C18H18N2OS/c1-4-20-16-10-14(15-7-5-12(2)11-19-15)6-8-17(16)22-18(20)9-13(3)21/h5-11H,4H2,1-3H3/b18-9-. The fourth-order valence-electron chi connectivity index (χ4n) is 2.51. The van der Waals surface area contributed by atoms with Crippen LogP contribution in [0, 0.1) is 6.92 Å². The quantitative estimate of drug-likeness (QED) is 0.786. The lowest BCUT2D eigenvalue weighted by Gasteiger charge is -2.18. The predicted molar refractivity (Wildman–Crippen MR) is 92.1 cm³/mol. The minimum Gasteiger partial charge on any atom is -0.335 e. The van der Waals surface area contributed by atoms with E-state index in [1.165, 1.54) is 4.90 Å². The SMILES string of the molecule is CCN1/C(=C/C(C)=O)Sc2ccc(-c3ccc(C)cn3)cc21. The molecule has 2 heterocycles. The largest absolute Gasteiger partial charge is 0.335 e. The number of hydrogen-bond donors (Lipinski definition) is 0. The third-order valence-corrected chi connectivity index (χ3v) is 4.69. The van der Waals surface area contributed by atoms with Gasteiger partial charge in [0.05, 0.1) is 16.4 Å². The number of anilines is 1. The van der Waals surface area contributed by atoms with Crippen molar-refractivity contribution in [1.29, 1.82) is 0 Å². The van der Waals surface area contributed by atoms with Gasteiger partial charge in [0.15, 0.2) is 5.78 Å². The molecule has 0 radical (unpaired) electrons. The summed E-state index contributed by atoms with van der Waals surface area (Å²) in [5.41, 5.74) is 4.38. The van der Waals surface area contributed by atoms with E-state index in [4.69, 9.17) is 0 Å². The molecule has 1 aliphatic heterocycles. The van der Waals surface area contributed by atoms with Crippen molar-refractivity contribution >= 4 is 23.2 Å². The highest BCUT2D eigenvalue weighted by Gasteiger charge is 2.24. The molecule has 3 rings (SSSR count). The van der Waals surface area contributed by atoms with E-state index < -0.39 is 0 Å². The second-order valence-electron chi connectivity index (χ2n) is 5.34. The van der Waals surface area contributed by atoms with Gasteiger partial charge in [0.2, 0.25) is 0 Å². The molecule has 2 aromatic rings. The van der Waals surface area contributed by atoms with Crippen LogP contribution in [0.1, 0.15) is 19.4 Å². The Kier molecular flexibility index (Phi) is 4.03. The lowest BCUT2D eigenvalue weighted by atomic mass is 10.1. The number of rotatable bonds is 3. The molecule has 112 valence electrons. The van der Waals surface area contributed by atoms with E-state index in [1.807, 2.05) is 19.2 Å². The Hall–Kier alpha value is -2.07. The first-order chi connectivity index (χ1) is 10.6. The summed E-state index contributed by atoms with van der Waals surface area (Å²) in [6, 6.07) is 10.5. The number of pyridine rings is 1. The van der Waals surface area contributed by atoms with Gasteiger partial charge in [-0.15, -0.1) is 0 Å². The maximum Gasteiger partial charge on any atom is 0.155 e. The maximum atomic E-state index is 11.4. The lowest BCUT2D eigenvalue weighted by molar-refractivity contribution is -0.112. The summed E-state index contributed by atoms with van der Waals surface area (Å²) in [7, 11) is 0. The summed E-state index contributed by atoms with van der Waals surface area (Å²) >= 11 is 1.65. The molecule has 1 aliphatic rings. The average Bonchev–Trinajstić information content (AvgIpc) is 2.83. The third-order valence-electron chi connectivity index (χ3n) is 3.58. The van der Waals surface area contributed by atoms with Gasteiger partial charge in [-0.3, -0.25) is 9.78 Å². The van der Waals surface area contributed by atoms with Gasteiger partial charge in [-0.05, 0) is 44.5 Å². The second kappa shape index (κ2) is 5.97. The van der Waals surface area contributed by atoms with Crippen LogP contribution in [0.25, 0.3) is 11.3 Å². The Labute approximate surface area is 135 Å². The number of carbonyl (C=O) groups is 1. The second-order valence-corrected chi connectivity index (χ2v) is 6.41. The Balaban J connectivity index is 2.02. The van der Waals surface area contributed by atoms with Crippen molar-refractivity contribution in [3.8, 4) is 11.3 Å². The van der Waals surface area contributed by atoms with Gasteiger partial charge in [0.25, 0.3) is 0 Å².